The highest BCUT2D eigenvalue weighted by Gasteiger charge is 2.18. The molecule has 0 radical (unpaired) electrons. The van der Waals surface area contributed by atoms with Crippen molar-refractivity contribution in [3.63, 3.8) is 0 Å². The van der Waals surface area contributed by atoms with Crippen LogP contribution in [0.1, 0.15) is 38.1 Å². The number of thiazole rings is 1. The predicted octanol–water partition coefficient (Wildman–Crippen LogP) is 2.86. The van der Waals surface area contributed by atoms with E-state index < -0.39 is 0 Å². The molecule has 1 aromatic heterocycles. The fraction of sp³-hybridized carbons (Fsp3) is 0.750. The van der Waals surface area contributed by atoms with Crippen LogP contribution in [0.4, 0.5) is 0 Å². The van der Waals surface area contributed by atoms with Gasteiger partial charge in [-0.2, -0.15) is 0 Å². The van der Waals surface area contributed by atoms with Crippen molar-refractivity contribution in [1.29, 1.82) is 0 Å². The molecule has 0 saturated carbocycles. The highest BCUT2D eigenvalue weighted by molar-refractivity contribution is 7.09. The number of hydrogen-bond donors (Lipinski definition) is 1. The summed E-state index contributed by atoms with van der Waals surface area (Å²) in [6.07, 6.45) is 3.01. The van der Waals surface area contributed by atoms with Crippen molar-refractivity contribution >= 4 is 11.3 Å². The lowest BCUT2D eigenvalue weighted by atomic mass is 9.89. The largest absolute Gasteiger partial charge is 0.385 e. The first-order valence-corrected chi connectivity index (χ1v) is 6.54. The van der Waals surface area contributed by atoms with Crippen LogP contribution in [0.2, 0.25) is 0 Å². The third kappa shape index (κ3) is 4.60. The minimum Gasteiger partial charge on any atom is -0.385 e. The highest BCUT2D eigenvalue weighted by Crippen LogP contribution is 2.22. The Bertz CT molecular complexity index is 285. The maximum Gasteiger partial charge on any atom is 0.0794 e. The van der Waals surface area contributed by atoms with Gasteiger partial charge in [0.05, 0.1) is 5.51 Å². The van der Waals surface area contributed by atoms with E-state index in [1.807, 2.05) is 11.7 Å². The summed E-state index contributed by atoms with van der Waals surface area (Å²) in [4.78, 5) is 5.39. The van der Waals surface area contributed by atoms with Gasteiger partial charge in [-0.05, 0) is 18.8 Å². The van der Waals surface area contributed by atoms with Crippen molar-refractivity contribution in [2.24, 2.45) is 5.41 Å². The smallest absolute Gasteiger partial charge is 0.0794 e. The molecule has 0 amide bonds. The number of hydrogen-bond acceptors (Lipinski definition) is 4. The van der Waals surface area contributed by atoms with E-state index in [0.717, 1.165) is 19.6 Å². The zero-order valence-electron chi connectivity index (χ0n) is 10.6. The predicted molar refractivity (Wildman–Crippen MR) is 68.8 cm³/mol. The van der Waals surface area contributed by atoms with E-state index in [4.69, 9.17) is 4.74 Å². The fourth-order valence-corrected chi connectivity index (χ4v) is 2.09. The monoisotopic (exact) mass is 242 g/mol. The lowest BCUT2D eigenvalue weighted by Gasteiger charge is -2.26. The molecule has 0 saturated heterocycles. The molecule has 0 aliphatic rings. The summed E-state index contributed by atoms with van der Waals surface area (Å²) in [5.74, 6) is 0. The second kappa shape index (κ2) is 6.33. The minimum absolute atomic E-state index is 0.273. The average molecular weight is 242 g/mol. The first-order valence-electron chi connectivity index (χ1n) is 5.66. The van der Waals surface area contributed by atoms with E-state index in [2.05, 4.69) is 31.1 Å². The first-order chi connectivity index (χ1) is 7.55. The van der Waals surface area contributed by atoms with Gasteiger partial charge in [0.1, 0.15) is 0 Å². The summed E-state index contributed by atoms with van der Waals surface area (Å²) in [6.45, 7) is 8.52. The number of nitrogens with zero attached hydrogens (tertiary/aromatic N) is 1. The van der Waals surface area contributed by atoms with E-state index in [1.165, 1.54) is 4.88 Å². The first kappa shape index (κ1) is 13.6. The molecule has 1 N–H and O–H groups in total. The molecule has 1 heterocycles. The van der Waals surface area contributed by atoms with Crippen molar-refractivity contribution in [3.05, 3.63) is 16.6 Å². The summed E-state index contributed by atoms with van der Waals surface area (Å²) < 4.78 is 5.12. The molecule has 1 rings (SSSR count). The van der Waals surface area contributed by atoms with Gasteiger partial charge < -0.3 is 10.1 Å². The fourth-order valence-electron chi connectivity index (χ4n) is 1.44. The number of rotatable bonds is 7. The molecule has 0 aliphatic heterocycles. The zero-order valence-corrected chi connectivity index (χ0v) is 11.4. The molecule has 3 nitrogen and oxygen atoms in total. The van der Waals surface area contributed by atoms with Crippen LogP contribution in [0.15, 0.2) is 11.7 Å². The molecular formula is C12H22N2OS. The molecule has 4 heteroatoms. The topological polar surface area (TPSA) is 34.1 Å². The van der Waals surface area contributed by atoms with Gasteiger partial charge in [-0.3, -0.25) is 4.98 Å². The Morgan fingerprint density at radius 2 is 2.31 bits per heavy atom. The molecular weight excluding hydrogens is 220 g/mol. The zero-order chi connectivity index (χ0) is 12.0. The Balaban J connectivity index is 2.33. The van der Waals surface area contributed by atoms with Crippen LogP contribution >= 0.6 is 11.3 Å². The summed E-state index contributed by atoms with van der Waals surface area (Å²) in [6, 6.07) is 0.384. The lowest BCUT2D eigenvalue weighted by molar-refractivity contribution is 0.149. The van der Waals surface area contributed by atoms with Crippen molar-refractivity contribution in [3.8, 4) is 0 Å². The number of methoxy groups -OCH3 is 1. The number of nitrogens with one attached hydrogen (secondary N) is 1. The van der Waals surface area contributed by atoms with Gasteiger partial charge in [0.25, 0.3) is 0 Å². The lowest BCUT2D eigenvalue weighted by Crippen LogP contribution is -2.31. The molecule has 0 fully saturated rings. The van der Waals surface area contributed by atoms with Crippen molar-refractivity contribution in [1.82, 2.24) is 10.3 Å². The van der Waals surface area contributed by atoms with Crippen molar-refractivity contribution in [2.75, 3.05) is 20.3 Å². The summed E-state index contributed by atoms with van der Waals surface area (Å²) in [5.41, 5.74) is 2.15. The van der Waals surface area contributed by atoms with Gasteiger partial charge in [0, 0.05) is 37.4 Å². The molecule has 0 aromatic carbocycles. The van der Waals surface area contributed by atoms with Crippen LogP contribution in [0.25, 0.3) is 0 Å². The highest BCUT2D eigenvalue weighted by atomic mass is 32.1. The Morgan fingerprint density at radius 3 is 2.88 bits per heavy atom. The molecule has 1 aromatic rings. The van der Waals surface area contributed by atoms with E-state index in [-0.39, 0.29) is 5.41 Å². The van der Waals surface area contributed by atoms with Gasteiger partial charge in [-0.1, -0.05) is 13.8 Å². The molecule has 16 heavy (non-hydrogen) atoms. The van der Waals surface area contributed by atoms with Gasteiger partial charge in [-0.15, -0.1) is 11.3 Å². The Kier molecular flexibility index (Phi) is 5.38. The third-order valence-corrected chi connectivity index (χ3v) is 3.71. The minimum atomic E-state index is 0.273. The second-order valence-electron chi connectivity index (χ2n) is 4.91. The number of aromatic nitrogens is 1. The molecule has 0 spiro atoms. The maximum absolute atomic E-state index is 5.12. The quantitative estimate of drug-likeness (QED) is 0.798. The second-order valence-corrected chi connectivity index (χ2v) is 5.83. The van der Waals surface area contributed by atoms with E-state index in [1.54, 1.807) is 18.4 Å². The summed E-state index contributed by atoms with van der Waals surface area (Å²) >= 11 is 1.70. The summed E-state index contributed by atoms with van der Waals surface area (Å²) in [5, 5.41) is 3.55. The van der Waals surface area contributed by atoms with Gasteiger partial charge in [-0.25, -0.2) is 0 Å². The Labute approximate surface area is 102 Å². The van der Waals surface area contributed by atoms with Crippen LogP contribution in [0.5, 0.6) is 0 Å². The third-order valence-electron chi connectivity index (χ3n) is 2.75. The molecule has 1 unspecified atom stereocenters. The Morgan fingerprint density at radius 1 is 1.56 bits per heavy atom. The summed E-state index contributed by atoms with van der Waals surface area (Å²) in [7, 11) is 1.75. The normalized spacial score (nSPS) is 14.0. The van der Waals surface area contributed by atoms with Crippen LogP contribution in [-0.4, -0.2) is 25.2 Å². The standard InChI is InChI=1S/C12H22N2OS/c1-10(11-7-13-9-16-11)14-8-12(2,3)5-6-15-4/h7,9-10,14H,5-6,8H2,1-4H3. The molecule has 1 atom stereocenters. The van der Waals surface area contributed by atoms with Crippen LogP contribution in [-0.2, 0) is 4.74 Å². The van der Waals surface area contributed by atoms with Crippen LogP contribution < -0.4 is 5.32 Å². The SMILES string of the molecule is COCCC(C)(C)CNC(C)c1cncs1. The van der Waals surface area contributed by atoms with Crippen LogP contribution in [0.3, 0.4) is 0 Å². The molecule has 0 aliphatic carbocycles. The maximum atomic E-state index is 5.12. The number of ether oxygens (including phenoxy) is 1. The van der Waals surface area contributed by atoms with Gasteiger partial charge in [0.15, 0.2) is 0 Å². The molecule has 92 valence electrons. The van der Waals surface area contributed by atoms with Gasteiger partial charge >= 0.3 is 0 Å². The van der Waals surface area contributed by atoms with Crippen molar-refractivity contribution in [2.45, 2.75) is 33.2 Å². The van der Waals surface area contributed by atoms with E-state index >= 15 is 0 Å². The Hall–Kier alpha value is -0.450. The van der Waals surface area contributed by atoms with Crippen LogP contribution in [0, 0.1) is 5.41 Å². The average Bonchev–Trinajstić information content (AvgIpc) is 2.77. The van der Waals surface area contributed by atoms with Gasteiger partial charge in [0.2, 0.25) is 0 Å². The van der Waals surface area contributed by atoms with E-state index in [0.29, 0.717) is 6.04 Å². The van der Waals surface area contributed by atoms with Crippen molar-refractivity contribution < 1.29 is 4.74 Å². The van der Waals surface area contributed by atoms with E-state index in [9.17, 15) is 0 Å². The molecule has 0 bridgehead atoms.